The van der Waals surface area contributed by atoms with Gasteiger partial charge in [0.05, 0.1) is 45.4 Å². The molecule has 2 aromatic rings. The molecule has 0 amide bonds. The molecule has 0 atom stereocenters. The van der Waals surface area contributed by atoms with Crippen molar-refractivity contribution in [3.8, 4) is 23.0 Å². The van der Waals surface area contributed by atoms with E-state index in [2.05, 4.69) is 0 Å². The van der Waals surface area contributed by atoms with Crippen LogP contribution in [0.2, 0.25) is 0 Å². The molecule has 0 radical (unpaired) electrons. The number of aliphatic carboxylic acids is 2. The van der Waals surface area contributed by atoms with Gasteiger partial charge in [-0.25, -0.2) is 18.0 Å². The third kappa shape index (κ3) is 7.44. The predicted octanol–water partition coefficient (Wildman–Crippen LogP) is 3.97. The van der Waals surface area contributed by atoms with E-state index in [1.54, 1.807) is 44.2 Å². The Morgan fingerprint density at radius 2 is 1.44 bits per heavy atom. The summed E-state index contributed by atoms with van der Waals surface area (Å²) in [4.78, 5) is 24.9. The lowest BCUT2D eigenvalue weighted by molar-refractivity contribution is -0.140. The number of methoxy groups -OCH3 is 4. The number of allylic oxidation sites excluding steroid dienone is 1. The highest BCUT2D eigenvalue weighted by molar-refractivity contribution is 7.93. The van der Waals surface area contributed by atoms with Gasteiger partial charge in [0, 0.05) is 29.8 Å². The zero-order valence-electron chi connectivity index (χ0n) is 22.7. The molecule has 0 fully saturated rings. The lowest BCUT2D eigenvalue weighted by Crippen LogP contribution is -2.28. The standard InChI is InChI=1S/C27H33NO10S/c1-7-20(25(26(29)30)27(31)32)28(8-2)21-13-17(9-10-22(21)36-4)16-39(33,34)12-11-19-23(37-5)14-18(35-3)15-24(19)38-6/h9-15H,7-8,16H2,1-6H3,(H,29,30)(H,31,32). The molecular formula is C27H33NO10S. The Kier molecular flexibility index (Phi) is 10.8. The van der Waals surface area contributed by atoms with E-state index in [0.717, 1.165) is 5.41 Å². The first-order chi connectivity index (χ1) is 18.5. The molecule has 2 N–H and O–H groups in total. The summed E-state index contributed by atoms with van der Waals surface area (Å²) in [5, 5.41) is 20.1. The lowest BCUT2D eigenvalue weighted by atomic mass is 10.1. The van der Waals surface area contributed by atoms with E-state index in [9.17, 15) is 28.2 Å². The van der Waals surface area contributed by atoms with Gasteiger partial charge < -0.3 is 34.1 Å². The molecule has 0 aliphatic heterocycles. The molecule has 0 heterocycles. The number of nitrogens with zero attached hydrogens (tertiary/aromatic N) is 1. The highest BCUT2D eigenvalue weighted by atomic mass is 32.2. The molecule has 2 aromatic carbocycles. The number of hydrogen-bond donors (Lipinski definition) is 2. The highest BCUT2D eigenvalue weighted by Crippen LogP contribution is 2.36. The Hall–Kier alpha value is -4.19. The molecule has 0 aliphatic carbocycles. The number of ether oxygens (including phenoxy) is 4. The summed E-state index contributed by atoms with van der Waals surface area (Å²) in [6.07, 6.45) is 1.47. The first-order valence-electron chi connectivity index (χ1n) is 11.8. The average Bonchev–Trinajstić information content (AvgIpc) is 2.90. The van der Waals surface area contributed by atoms with E-state index in [4.69, 9.17) is 18.9 Å². The van der Waals surface area contributed by atoms with Crippen molar-refractivity contribution in [2.45, 2.75) is 26.0 Å². The third-order valence-electron chi connectivity index (χ3n) is 5.79. The second kappa shape index (κ2) is 13.6. The molecule has 2 rings (SSSR count). The Morgan fingerprint density at radius 1 is 0.872 bits per heavy atom. The van der Waals surface area contributed by atoms with Gasteiger partial charge in [0.15, 0.2) is 15.4 Å². The maximum Gasteiger partial charge on any atom is 0.344 e. The first-order valence-corrected chi connectivity index (χ1v) is 13.5. The van der Waals surface area contributed by atoms with Crippen molar-refractivity contribution in [1.29, 1.82) is 0 Å². The summed E-state index contributed by atoms with van der Waals surface area (Å²) in [7, 11) is 1.96. The fourth-order valence-corrected chi connectivity index (χ4v) is 5.12. The minimum Gasteiger partial charge on any atom is -0.496 e. The van der Waals surface area contributed by atoms with Gasteiger partial charge in [0.2, 0.25) is 0 Å². The van der Waals surface area contributed by atoms with Crippen LogP contribution in [0, 0.1) is 0 Å². The van der Waals surface area contributed by atoms with Crippen LogP contribution < -0.4 is 23.8 Å². The summed E-state index contributed by atoms with van der Waals surface area (Å²) in [6.45, 7) is 3.56. The van der Waals surface area contributed by atoms with Crippen LogP contribution in [0.4, 0.5) is 5.69 Å². The molecular weight excluding hydrogens is 530 g/mol. The Balaban J connectivity index is 2.55. The summed E-state index contributed by atoms with van der Waals surface area (Å²) in [6, 6.07) is 7.87. The molecule has 0 saturated heterocycles. The Morgan fingerprint density at radius 3 is 1.87 bits per heavy atom. The molecule has 0 bridgehead atoms. The van der Waals surface area contributed by atoms with Gasteiger partial charge in [0.1, 0.15) is 23.0 Å². The fourth-order valence-electron chi connectivity index (χ4n) is 4.03. The molecule has 212 valence electrons. The van der Waals surface area contributed by atoms with E-state index in [0.29, 0.717) is 39.8 Å². The molecule has 0 aromatic heterocycles. The molecule has 0 aliphatic rings. The predicted molar refractivity (Wildman–Crippen MR) is 146 cm³/mol. The topological polar surface area (TPSA) is 149 Å². The van der Waals surface area contributed by atoms with Gasteiger partial charge in [-0.15, -0.1) is 0 Å². The fraction of sp³-hybridized carbons (Fsp3) is 0.333. The maximum atomic E-state index is 13.1. The summed E-state index contributed by atoms with van der Waals surface area (Å²) in [5.74, 6) is -2.04. The van der Waals surface area contributed by atoms with Crippen molar-refractivity contribution >= 4 is 33.5 Å². The second-order valence-electron chi connectivity index (χ2n) is 8.09. The summed E-state index contributed by atoms with van der Waals surface area (Å²) >= 11 is 0. The number of benzene rings is 2. The summed E-state index contributed by atoms with van der Waals surface area (Å²) < 4.78 is 47.5. The van der Waals surface area contributed by atoms with Crippen LogP contribution >= 0.6 is 0 Å². The van der Waals surface area contributed by atoms with Crippen LogP contribution in [0.3, 0.4) is 0 Å². The van der Waals surface area contributed by atoms with Crippen molar-refractivity contribution in [1.82, 2.24) is 0 Å². The van der Waals surface area contributed by atoms with E-state index in [-0.39, 0.29) is 18.7 Å². The third-order valence-corrected chi connectivity index (χ3v) is 7.08. The zero-order valence-corrected chi connectivity index (χ0v) is 23.5. The second-order valence-corrected chi connectivity index (χ2v) is 9.98. The van der Waals surface area contributed by atoms with Gasteiger partial charge in [0.25, 0.3) is 0 Å². The number of rotatable bonds is 14. The molecule has 0 spiro atoms. The van der Waals surface area contributed by atoms with Gasteiger partial charge in [-0.2, -0.15) is 0 Å². The van der Waals surface area contributed by atoms with Crippen LogP contribution in [0.5, 0.6) is 23.0 Å². The van der Waals surface area contributed by atoms with Crippen LogP contribution in [-0.2, 0) is 25.2 Å². The normalized spacial score (nSPS) is 11.1. The van der Waals surface area contributed by atoms with Crippen molar-refractivity contribution in [3.05, 3.63) is 58.1 Å². The van der Waals surface area contributed by atoms with Gasteiger partial charge in [-0.1, -0.05) is 13.0 Å². The van der Waals surface area contributed by atoms with Crippen molar-refractivity contribution in [3.63, 3.8) is 0 Å². The van der Waals surface area contributed by atoms with Crippen molar-refractivity contribution in [2.24, 2.45) is 0 Å². The Labute approximate surface area is 227 Å². The van der Waals surface area contributed by atoms with Gasteiger partial charge >= 0.3 is 11.9 Å². The molecule has 0 unspecified atom stereocenters. The number of carboxylic acids is 2. The van der Waals surface area contributed by atoms with Crippen LogP contribution in [-0.4, -0.2) is 65.6 Å². The number of carboxylic acid groups (broad SMARTS) is 2. The van der Waals surface area contributed by atoms with E-state index in [1.165, 1.54) is 39.4 Å². The first kappa shape index (κ1) is 31.0. The van der Waals surface area contributed by atoms with E-state index in [1.807, 2.05) is 0 Å². The van der Waals surface area contributed by atoms with Crippen LogP contribution in [0.15, 0.2) is 47.0 Å². The molecule has 0 saturated carbocycles. The zero-order chi connectivity index (χ0) is 29.3. The summed E-state index contributed by atoms with van der Waals surface area (Å²) in [5.41, 5.74) is 0.404. The largest absolute Gasteiger partial charge is 0.496 e. The number of anilines is 1. The number of hydrogen-bond acceptors (Lipinski definition) is 9. The monoisotopic (exact) mass is 563 g/mol. The van der Waals surface area contributed by atoms with Crippen LogP contribution in [0.1, 0.15) is 31.4 Å². The minimum atomic E-state index is -3.82. The highest BCUT2D eigenvalue weighted by Gasteiger charge is 2.27. The molecule has 11 nitrogen and oxygen atoms in total. The molecule has 39 heavy (non-hydrogen) atoms. The van der Waals surface area contributed by atoms with Gasteiger partial charge in [-0.3, -0.25) is 0 Å². The van der Waals surface area contributed by atoms with E-state index < -0.39 is 33.1 Å². The Bertz CT molecular complexity index is 1340. The minimum absolute atomic E-state index is 0.0504. The quantitative estimate of drug-likeness (QED) is 0.195. The lowest BCUT2D eigenvalue weighted by Gasteiger charge is -2.28. The van der Waals surface area contributed by atoms with Crippen LogP contribution in [0.25, 0.3) is 6.08 Å². The average molecular weight is 564 g/mol. The SMILES string of the molecule is CCC(=C(C(=O)O)C(=O)O)N(CC)c1cc(CS(=O)(=O)C=Cc2c(OC)cc(OC)cc2OC)ccc1OC. The maximum absolute atomic E-state index is 13.1. The smallest absolute Gasteiger partial charge is 0.344 e. The molecule has 12 heteroatoms. The van der Waals surface area contributed by atoms with Crippen molar-refractivity contribution in [2.75, 3.05) is 39.9 Å². The number of carbonyl (C=O) groups is 2. The van der Waals surface area contributed by atoms with E-state index >= 15 is 0 Å². The van der Waals surface area contributed by atoms with Gasteiger partial charge in [-0.05, 0) is 37.1 Å². The van der Waals surface area contributed by atoms with Crippen molar-refractivity contribution < 1.29 is 47.2 Å². The number of sulfone groups is 1.